The van der Waals surface area contributed by atoms with Gasteiger partial charge >= 0.3 is 0 Å². The zero-order chi connectivity index (χ0) is 23.4. The van der Waals surface area contributed by atoms with Crippen LogP contribution < -0.4 is 4.57 Å². The third-order valence-corrected chi connectivity index (χ3v) is 7.73. The molecule has 4 aromatic rings. The molecule has 6 rings (SSSR count). The first-order valence-electron chi connectivity index (χ1n) is 12.6. The molecule has 4 heteroatoms. The highest BCUT2D eigenvalue weighted by Crippen LogP contribution is 2.43. The maximum Gasteiger partial charge on any atom is 0.216 e. The van der Waals surface area contributed by atoms with E-state index in [4.69, 9.17) is 4.42 Å². The molecule has 2 aliphatic rings. The van der Waals surface area contributed by atoms with Gasteiger partial charge in [-0.1, -0.05) is 18.6 Å². The van der Waals surface area contributed by atoms with Gasteiger partial charge in [-0.05, 0) is 62.9 Å². The van der Waals surface area contributed by atoms with E-state index < -0.39 is 5.89 Å². The van der Waals surface area contributed by atoms with Crippen LogP contribution in [0.1, 0.15) is 56.1 Å². The molecule has 2 aliphatic heterocycles. The summed E-state index contributed by atoms with van der Waals surface area (Å²) in [4.78, 5) is 2.49. The Bertz CT molecular complexity index is 1470. The highest BCUT2D eigenvalue weighted by Gasteiger charge is 2.33. The van der Waals surface area contributed by atoms with Crippen LogP contribution in [0.4, 0.5) is 0 Å². The molecule has 166 valence electrons. The molecule has 0 spiro atoms. The summed E-state index contributed by atoms with van der Waals surface area (Å²) in [5.74, 6) is -0.848. The Morgan fingerprint density at radius 3 is 2.76 bits per heavy atom. The van der Waals surface area contributed by atoms with E-state index in [0.29, 0.717) is 23.7 Å². The van der Waals surface area contributed by atoms with Crippen molar-refractivity contribution in [3.05, 3.63) is 65.4 Å². The van der Waals surface area contributed by atoms with Gasteiger partial charge in [-0.2, -0.15) is 5.26 Å². The molecule has 0 amide bonds. The summed E-state index contributed by atoms with van der Waals surface area (Å²) < 4.78 is 18.4. The molecule has 0 radical (unpaired) electrons. The van der Waals surface area contributed by atoms with E-state index in [1.165, 1.54) is 19.3 Å². The predicted octanol–water partition coefficient (Wildman–Crippen LogP) is 5.99. The summed E-state index contributed by atoms with van der Waals surface area (Å²) >= 11 is 0. The van der Waals surface area contributed by atoms with Gasteiger partial charge in [0, 0.05) is 48.3 Å². The second kappa shape index (κ2) is 8.01. The fourth-order valence-electron chi connectivity index (χ4n) is 6.01. The Labute approximate surface area is 196 Å². The molecule has 2 fully saturated rings. The number of benzene rings is 2. The van der Waals surface area contributed by atoms with Crippen molar-refractivity contribution in [3.63, 3.8) is 0 Å². The average Bonchev–Trinajstić information content (AvgIpc) is 3.22. The monoisotopic (exact) mass is 437 g/mol. The second-order valence-corrected chi connectivity index (χ2v) is 9.67. The standard InChI is InChI=1S/C29H30N3O/c1-19-9-13-23-24-14-11-20(17-30)27(21-10-12-22-7-3-6-16-32(22)18-21)29(24)33-28(23)26(19)25-8-4-5-15-31(25)2/h4-5,8-9,11,13-15,21-22H,3,6-7,10,12,16,18H2,1-2H3/q+1/i21D. The van der Waals surface area contributed by atoms with Crippen molar-refractivity contribution < 1.29 is 10.4 Å². The number of aryl methyl sites for hydroxylation is 2. The summed E-state index contributed by atoms with van der Waals surface area (Å²) in [5.41, 5.74) is 6.19. The SMILES string of the molecule is [2H]C1(c2c(C#N)ccc3c2oc2c(-c4cccc[n+]4C)c(C)ccc23)CCC2CCCCN2C1. The third-order valence-electron chi connectivity index (χ3n) is 7.73. The molecule has 2 atom stereocenters. The minimum Gasteiger partial charge on any atom is -0.455 e. The minimum atomic E-state index is -0.848. The minimum absolute atomic E-state index is 0.570. The van der Waals surface area contributed by atoms with Crippen LogP contribution in [0.15, 0.2) is 53.1 Å². The lowest BCUT2D eigenvalue weighted by Gasteiger charge is -2.42. The number of nitriles is 1. The lowest BCUT2D eigenvalue weighted by atomic mass is 9.82. The molecule has 2 saturated heterocycles. The number of hydrogen-bond acceptors (Lipinski definition) is 3. The molecular formula is C29H30N3O+. The first-order chi connectivity index (χ1) is 16.5. The fraction of sp³-hybridized carbons (Fsp3) is 0.379. The number of rotatable bonds is 2. The Hall–Kier alpha value is -3.16. The van der Waals surface area contributed by atoms with Crippen LogP contribution in [-0.4, -0.2) is 24.0 Å². The number of nitrogens with zero attached hydrogens (tertiary/aromatic N) is 3. The van der Waals surface area contributed by atoms with Crippen LogP contribution in [0.3, 0.4) is 0 Å². The average molecular weight is 438 g/mol. The molecule has 2 aromatic carbocycles. The van der Waals surface area contributed by atoms with Crippen LogP contribution in [0.25, 0.3) is 33.2 Å². The molecule has 0 bridgehead atoms. The van der Waals surface area contributed by atoms with Gasteiger partial charge in [0.05, 0.1) is 17.2 Å². The largest absolute Gasteiger partial charge is 0.455 e. The topological polar surface area (TPSA) is 44.1 Å². The Morgan fingerprint density at radius 1 is 1.06 bits per heavy atom. The fourth-order valence-corrected chi connectivity index (χ4v) is 6.01. The number of pyridine rings is 1. The molecule has 0 aliphatic carbocycles. The highest BCUT2D eigenvalue weighted by molar-refractivity contribution is 6.11. The summed E-state index contributed by atoms with van der Waals surface area (Å²) in [7, 11) is 2.05. The smallest absolute Gasteiger partial charge is 0.216 e. The number of furan rings is 1. The van der Waals surface area contributed by atoms with Gasteiger partial charge in [-0.25, -0.2) is 4.57 Å². The number of fused-ring (bicyclic) bond motifs is 4. The van der Waals surface area contributed by atoms with Crippen molar-refractivity contribution >= 4 is 21.9 Å². The quantitative estimate of drug-likeness (QED) is 0.362. The third kappa shape index (κ3) is 3.26. The van der Waals surface area contributed by atoms with Crippen LogP contribution in [0.2, 0.25) is 0 Å². The highest BCUT2D eigenvalue weighted by atomic mass is 16.3. The summed E-state index contributed by atoms with van der Waals surface area (Å²) in [6.07, 6.45) is 7.53. The zero-order valence-corrected chi connectivity index (χ0v) is 19.4. The van der Waals surface area contributed by atoms with E-state index in [-0.39, 0.29) is 0 Å². The lowest BCUT2D eigenvalue weighted by Crippen LogP contribution is -2.45. The molecule has 2 unspecified atom stereocenters. The van der Waals surface area contributed by atoms with E-state index in [9.17, 15) is 6.63 Å². The first kappa shape index (κ1) is 19.3. The van der Waals surface area contributed by atoms with Crippen molar-refractivity contribution in [2.45, 2.75) is 51.0 Å². The lowest BCUT2D eigenvalue weighted by molar-refractivity contribution is -0.660. The normalized spacial score (nSPS) is 23.9. The van der Waals surface area contributed by atoms with Crippen molar-refractivity contribution in [1.82, 2.24) is 4.90 Å². The summed E-state index contributed by atoms with van der Waals surface area (Å²) in [6.45, 7) is 3.83. The predicted molar refractivity (Wildman–Crippen MR) is 131 cm³/mol. The molecular weight excluding hydrogens is 406 g/mol. The van der Waals surface area contributed by atoms with Gasteiger partial charge in [-0.15, -0.1) is 0 Å². The van der Waals surface area contributed by atoms with Crippen molar-refractivity contribution in [3.8, 4) is 17.3 Å². The van der Waals surface area contributed by atoms with Gasteiger partial charge in [-0.3, -0.25) is 4.90 Å². The van der Waals surface area contributed by atoms with Crippen LogP contribution in [-0.2, 0) is 7.05 Å². The van der Waals surface area contributed by atoms with Gasteiger partial charge in [0.1, 0.15) is 18.2 Å². The summed E-state index contributed by atoms with van der Waals surface area (Å²) in [5, 5.41) is 12.1. The van der Waals surface area contributed by atoms with Crippen molar-refractivity contribution in [2.24, 2.45) is 7.05 Å². The molecule has 2 aromatic heterocycles. The first-order valence-corrected chi connectivity index (χ1v) is 12.1. The number of hydrogen-bond donors (Lipinski definition) is 0. The van der Waals surface area contributed by atoms with Gasteiger partial charge < -0.3 is 4.42 Å². The maximum absolute atomic E-state index is 10.1. The van der Waals surface area contributed by atoms with Crippen LogP contribution >= 0.6 is 0 Å². The van der Waals surface area contributed by atoms with Crippen molar-refractivity contribution in [2.75, 3.05) is 13.1 Å². The Balaban J connectivity index is 1.61. The van der Waals surface area contributed by atoms with Crippen LogP contribution in [0, 0.1) is 18.3 Å². The second-order valence-electron chi connectivity index (χ2n) is 9.67. The van der Waals surface area contributed by atoms with E-state index in [1.54, 1.807) is 0 Å². The van der Waals surface area contributed by atoms with Gasteiger partial charge in [0.25, 0.3) is 0 Å². The number of piperidine rings is 2. The molecule has 0 N–H and O–H groups in total. The zero-order valence-electron chi connectivity index (χ0n) is 20.4. The molecule has 0 saturated carbocycles. The van der Waals surface area contributed by atoms with E-state index in [0.717, 1.165) is 58.1 Å². The van der Waals surface area contributed by atoms with E-state index in [1.807, 2.05) is 37.5 Å². The van der Waals surface area contributed by atoms with Gasteiger partial charge in [0.15, 0.2) is 6.20 Å². The molecule has 33 heavy (non-hydrogen) atoms. The maximum atomic E-state index is 10.1. The molecule has 4 nitrogen and oxygen atoms in total. The number of aromatic nitrogens is 1. The van der Waals surface area contributed by atoms with Crippen LogP contribution in [0.5, 0.6) is 0 Å². The van der Waals surface area contributed by atoms with E-state index in [2.05, 4.69) is 40.7 Å². The summed E-state index contributed by atoms with van der Waals surface area (Å²) in [6, 6.07) is 17.3. The van der Waals surface area contributed by atoms with Crippen molar-refractivity contribution in [1.29, 1.82) is 5.26 Å². The Morgan fingerprint density at radius 2 is 1.91 bits per heavy atom. The molecule has 4 heterocycles. The van der Waals surface area contributed by atoms with Gasteiger partial charge in [0.2, 0.25) is 5.69 Å². The van der Waals surface area contributed by atoms with E-state index >= 15 is 0 Å². The Kier molecular flexibility index (Phi) is 4.69.